The first-order valence-electron chi connectivity index (χ1n) is 4.26. The van der Waals surface area contributed by atoms with Crippen LogP contribution < -0.4 is 4.74 Å². The number of fused-ring (bicyclic) bond motifs is 1. The first kappa shape index (κ1) is 9.45. The number of aromatic nitrogens is 3. The quantitative estimate of drug-likeness (QED) is 0.517. The summed E-state index contributed by atoms with van der Waals surface area (Å²) in [5.74, 6) is 0.403. The van der Waals surface area contributed by atoms with Gasteiger partial charge >= 0.3 is 6.16 Å². The second-order valence-electron chi connectivity index (χ2n) is 2.92. The highest BCUT2D eigenvalue weighted by atomic mass is 16.7. The Hall–Kier alpha value is -2.11. The maximum Gasteiger partial charge on any atom is 0.513 e. The van der Waals surface area contributed by atoms with Crippen LogP contribution in [0.5, 0.6) is 5.75 Å². The monoisotopic (exact) mass is 207 g/mol. The molecule has 0 spiro atoms. The summed E-state index contributed by atoms with van der Waals surface area (Å²) in [4.78, 5) is 10.9. The summed E-state index contributed by atoms with van der Waals surface area (Å²) in [7, 11) is 3.02. The molecule has 0 bridgehead atoms. The van der Waals surface area contributed by atoms with Gasteiger partial charge in [-0.25, -0.2) is 9.48 Å². The SMILES string of the molecule is COC(=O)Oc1ccc2nnn(C)c2c1. The van der Waals surface area contributed by atoms with Gasteiger partial charge in [-0.3, -0.25) is 0 Å². The number of carbonyl (C=O) groups is 1. The molecule has 1 heterocycles. The molecule has 0 saturated heterocycles. The molecule has 1 aromatic carbocycles. The summed E-state index contributed by atoms with van der Waals surface area (Å²) in [6.07, 6.45) is -0.746. The zero-order chi connectivity index (χ0) is 10.8. The van der Waals surface area contributed by atoms with Crippen LogP contribution in [0.25, 0.3) is 11.0 Å². The summed E-state index contributed by atoms with van der Waals surface area (Å²) < 4.78 is 10.8. The summed E-state index contributed by atoms with van der Waals surface area (Å²) >= 11 is 0. The van der Waals surface area contributed by atoms with Crippen LogP contribution in [-0.4, -0.2) is 28.3 Å². The Morgan fingerprint density at radius 3 is 3.00 bits per heavy atom. The van der Waals surface area contributed by atoms with Gasteiger partial charge in [0, 0.05) is 13.1 Å². The number of methoxy groups -OCH3 is 1. The fourth-order valence-corrected chi connectivity index (χ4v) is 1.21. The highest BCUT2D eigenvalue weighted by Gasteiger charge is 2.06. The Morgan fingerprint density at radius 2 is 2.27 bits per heavy atom. The van der Waals surface area contributed by atoms with E-state index in [0.717, 1.165) is 11.0 Å². The lowest BCUT2D eigenvalue weighted by atomic mass is 10.3. The fraction of sp³-hybridized carbons (Fsp3) is 0.222. The molecule has 2 aromatic rings. The van der Waals surface area contributed by atoms with E-state index < -0.39 is 6.16 Å². The van der Waals surface area contributed by atoms with E-state index in [4.69, 9.17) is 4.74 Å². The largest absolute Gasteiger partial charge is 0.513 e. The number of aryl methyl sites for hydroxylation is 1. The molecule has 0 radical (unpaired) electrons. The molecule has 6 nitrogen and oxygen atoms in total. The fourth-order valence-electron chi connectivity index (χ4n) is 1.21. The van der Waals surface area contributed by atoms with Gasteiger partial charge in [-0.1, -0.05) is 5.21 Å². The lowest BCUT2D eigenvalue weighted by molar-refractivity contribution is 0.121. The van der Waals surface area contributed by atoms with Gasteiger partial charge in [0.2, 0.25) is 0 Å². The normalized spacial score (nSPS) is 10.3. The second-order valence-corrected chi connectivity index (χ2v) is 2.92. The van der Waals surface area contributed by atoms with Gasteiger partial charge in [0.15, 0.2) is 0 Å². The molecular weight excluding hydrogens is 198 g/mol. The van der Waals surface area contributed by atoms with Crippen molar-refractivity contribution < 1.29 is 14.3 Å². The van der Waals surface area contributed by atoms with E-state index in [2.05, 4.69) is 15.0 Å². The van der Waals surface area contributed by atoms with Crippen LogP contribution in [0.15, 0.2) is 18.2 Å². The Kier molecular flexibility index (Phi) is 2.24. The van der Waals surface area contributed by atoms with E-state index >= 15 is 0 Å². The summed E-state index contributed by atoms with van der Waals surface area (Å²) in [5, 5.41) is 7.73. The summed E-state index contributed by atoms with van der Waals surface area (Å²) in [6.45, 7) is 0. The highest BCUT2D eigenvalue weighted by Crippen LogP contribution is 2.18. The number of nitrogens with zero attached hydrogens (tertiary/aromatic N) is 3. The van der Waals surface area contributed by atoms with E-state index in [1.807, 2.05) is 0 Å². The van der Waals surface area contributed by atoms with Crippen molar-refractivity contribution in [3.8, 4) is 5.75 Å². The molecule has 0 saturated carbocycles. The van der Waals surface area contributed by atoms with E-state index in [0.29, 0.717) is 5.75 Å². The standard InChI is InChI=1S/C9H9N3O3/c1-12-8-5-6(15-9(13)14-2)3-4-7(8)10-11-12/h3-5H,1-2H3. The number of carbonyl (C=O) groups excluding carboxylic acids is 1. The van der Waals surface area contributed by atoms with Gasteiger partial charge in [-0.15, -0.1) is 5.10 Å². The summed E-state index contributed by atoms with van der Waals surface area (Å²) in [6, 6.07) is 5.03. The van der Waals surface area contributed by atoms with Crippen LogP contribution >= 0.6 is 0 Å². The maximum atomic E-state index is 10.9. The predicted octanol–water partition coefficient (Wildman–Crippen LogP) is 1.11. The number of ether oxygens (including phenoxy) is 2. The molecule has 0 atom stereocenters. The zero-order valence-corrected chi connectivity index (χ0v) is 8.30. The van der Waals surface area contributed by atoms with Crippen molar-refractivity contribution in [3.05, 3.63) is 18.2 Å². The molecule has 0 aliphatic heterocycles. The van der Waals surface area contributed by atoms with Crippen LogP contribution in [0.3, 0.4) is 0 Å². The van der Waals surface area contributed by atoms with Gasteiger partial charge in [0.1, 0.15) is 11.3 Å². The minimum absolute atomic E-state index is 0.403. The predicted molar refractivity (Wildman–Crippen MR) is 51.5 cm³/mol. The molecule has 1 aromatic heterocycles. The molecule has 6 heteroatoms. The molecule has 0 aliphatic carbocycles. The first-order chi connectivity index (χ1) is 7.20. The van der Waals surface area contributed by atoms with Crippen LogP contribution in [0, 0.1) is 0 Å². The average Bonchev–Trinajstić information content (AvgIpc) is 2.60. The number of benzene rings is 1. The van der Waals surface area contributed by atoms with Gasteiger partial charge < -0.3 is 9.47 Å². The van der Waals surface area contributed by atoms with Crippen molar-refractivity contribution in [1.82, 2.24) is 15.0 Å². The molecule has 0 fully saturated rings. The van der Waals surface area contributed by atoms with Crippen molar-refractivity contribution in [2.24, 2.45) is 7.05 Å². The Bertz CT molecular complexity index is 506. The average molecular weight is 207 g/mol. The minimum atomic E-state index is -0.746. The third kappa shape index (κ3) is 1.74. The maximum absolute atomic E-state index is 10.9. The van der Waals surface area contributed by atoms with Crippen LogP contribution in [0.2, 0.25) is 0 Å². The summed E-state index contributed by atoms with van der Waals surface area (Å²) in [5.41, 5.74) is 1.53. The van der Waals surface area contributed by atoms with Gasteiger partial charge in [-0.2, -0.15) is 0 Å². The number of hydrogen-bond acceptors (Lipinski definition) is 5. The Morgan fingerprint density at radius 1 is 1.47 bits per heavy atom. The molecule has 78 valence electrons. The van der Waals surface area contributed by atoms with Crippen molar-refractivity contribution in [3.63, 3.8) is 0 Å². The molecule has 0 unspecified atom stereocenters. The molecule has 15 heavy (non-hydrogen) atoms. The third-order valence-electron chi connectivity index (χ3n) is 1.95. The lowest BCUT2D eigenvalue weighted by Crippen LogP contribution is -2.07. The van der Waals surface area contributed by atoms with Crippen molar-refractivity contribution >= 4 is 17.2 Å². The number of rotatable bonds is 1. The van der Waals surface area contributed by atoms with Crippen molar-refractivity contribution in [2.45, 2.75) is 0 Å². The smallest absolute Gasteiger partial charge is 0.437 e. The van der Waals surface area contributed by atoms with Gasteiger partial charge in [-0.05, 0) is 12.1 Å². The second kappa shape index (κ2) is 3.56. The highest BCUT2D eigenvalue weighted by molar-refractivity contribution is 5.77. The number of hydrogen-bond donors (Lipinski definition) is 0. The molecular formula is C9H9N3O3. The first-order valence-corrected chi connectivity index (χ1v) is 4.26. The van der Waals surface area contributed by atoms with Crippen molar-refractivity contribution in [2.75, 3.05) is 7.11 Å². The van der Waals surface area contributed by atoms with E-state index in [1.165, 1.54) is 7.11 Å². The molecule has 0 N–H and O–H groups in total. The Balaban J connectivity index is 2.37. The van der Waals surface area contributed by atoms with Crippen LogP contribution in [0.1, 0.15) is 0 Å². The molecule has 0 amide bonds. The van der Waals surface area contributed by atoms with Gasteiger partial charge in [0.05, 0.1) is 12.6 Å². The third-order valence-corrected chi connectivity index (χ3v) is 1.95. The lowest BCUT2D eigenvalue weighted by Gasteiger charge is -2.01. The van der Waals surface area contributed by atoms with Crippen molar-refractivity contribution in [1.29, 1.82) is 0 Å². The van der Waals surface area contributed by atoms with Crippen LogP contribution in [0.4, 0.5) is 4.79 Å². The zero-order valence-electron chi connectivity index (χ0n) is 8.30. The van der Waals surface area contributed by atoms with E-state index in [-0.39, 0.29) is 0 Å². The Labute approximate surface area is 85.4 Å². The molecule has 2 rings (SSSR count). The van der Waals surface area contributed by atoms with Gasteiger partial charge in [0.25, 0.3) is 0 Å². The molecule has 0 aliphatic rings. The van der Waals surface area contributed by atoms with Crippen LogP contribution in [-0.2, 0) is 11.8 Å². The topological polar surface area (TPSA) is 66.2 Å². The minimum Gasteiger partial charge on any atom is -0.437 e. The van der Waals surface area contributed by atoms with E-state index in [1.54, 1.807) is 29.9 Å². The van der Waals surface area contributed by atoms with E-state index in [9.17, 15) is 4.79 Å².